The Morgan fingerprint density at radius 2 is 2.19 bits per heavy atom. The maximum atomic E-state index is 12.4. The molecular formula is C14H21N5O2. The van der Waals surface area contributed by atoms with Crippen molar-refractivity contribution in [1.29, 1.82) is 0 Å². The Hall–Kier alpha value is -1.89. The predicted octanol–water partition coefficient (Wildman–Crippen LogP) is -0.495. The number of amides is 2. The van der Waals surface area contributed by atoms with Gasteiger partial charge in [0.05, 0.1) is 30.3 Å². The van der Waals surface area contributed by atoms with E-state index in [4.69, 9.17) is 0 Å². The van der Waals surface area contributed by atoms with Crippen LogP contribution in [-0.4, -0.2) is 64.3 Å². The Bertz CT molecular complexity index is 535. The summed E-state index contributed by atoms with van der Waals surface area (Å²) in [6, 6.07) is -0.294. The van der Waals surface area contributed by atoms with Crippen LogP contribution in [0.5, 0.6) is 0 Å². The third-order valence-electron chi connectivity index (χ3n) is 4.24. The van der Waals surface area contributed by atoms with Gasteiger partial charge in [0.15, 0.2) is 0 Å². The number of nitrogens with zero attached hydrogens (tertiary/aromatic N) is 3. The smallest absolute Gasteiger partial charge is 0.242 e. The van der Waals surface area contributed by atoms with Crippen LogP contribution in [0.15, 0.2) is 6.33 Å². The Balaban J connectivity index is 1.56. The van der Waals surface area contributed by atoms with Crippen molar-refractivity contribution in [2.45, 2.75) is 31.8 Å². The summed E-state index contributed by atoms with van der Waals surface area (Å²) in [5, 5.41) is 3.20. The standard InChI is InChI=1S/C14H21N5O2/c1-18(8-13(20)19-4-2-3-5-19)14(21)11-6-10-12(7-15-11)17-9-16-10/h9,11,15H,2-8H2,1H3,(H,16,17). The molecule has 21 heavy (non-hydrogen) atoms. The Labute approximate surface area is 123 Å². The van der Waals surface area contributed by atoms with Crippen molar-refractivity contribution in [3.8, 4) is 0 Å². The summed E-state index contributed by atoms with van der Waals surface area (Å²) in [6.07, 6.45) is 4.35. The lowest BCUT2D eigenvalue weighted by atomic mass is 10.0. The molecule has 2 amide bonds. The van der Waals surface area contributed by atoms with Crippen LogP contribution in [0.1, 0.15) is 24.2 Å². The van der Waals surface area contributed by atoms with Gasteiger partial charge >= 0.3 is 0 Å². The molecule has 0 radical (unpaired) electrons. The lowest BCUT2D eigenvalue weighted by Gasteiger charge is -2.28. The van der Waals surface area contributed by atoms with Gasteiger partial charge in [-0.25, -0.2) is 4.98 Å². The minimum absolute atomic E-state index is 0.0413. The number of nitrogens with one attached hydrogen (secondary N) is 2. The van der Waals surface area contributed by atoms with Gasteiger partial charge in [0, 0.05) is 33.1 Å². The van der Waals surface area contributed by atoms with Gasteiger partial charge in [-0.05, 0) is 12.8 Å². The number of aromatic amines is 1. The van der Waals surface area contributed by atoms with Crippen LogP contribution in [0.4, 0.5) is 0 Å². The molecule has 7 heteroatoms. The summed E-state index contributed by atoms with van der Waals surface area (Å²) >= 11 is 0. The molecule has 0 aromatic carbocycles. The molecule has 0 spiro atoms. The van der Waals surface area contributed by atoms with Crippen LogP contribution >= 0.6 is 0 Å². The van der Waals surface area contributed by atoms with E-state index in [1.807, 2.05) is 4.90 Å². The molecule has 1 aromatic heterocycles. The molecule has 7 nitrogen and oxygen atoms in total. The summed E-state index contributed by atoms with van der Waals surface area (Å²) in [4.78, 5) is 35.2. The third-order valence-corrected chi connectivity index (χ3v) is 4.24. The summed E-state index contributed by atoms with van der Waals surface area (Å²) in [5.74, 6) is -0.00388. The summed E-state index contributed by atoms with van der Waals surface area (Å²) < 4.78 is 0. The van der Waals surface area contributed by atoms with Crippen molar-refractivity contribution in [3.63, 3.8) is 0 Å². The van der Waals surface area contributed by atoms with Gasteiger partial charge in [-0.3, -0.25) is 14.9 Å². The number of aromatic nitrogens is 2. The second-order valence-electron chi connectivity index (χ2n) is 5.75. The molecule has 1 fully saturated rings. The minimum Gasteiger partial charge on any atom is -0.347 e. The number of hydrogen-bond donors (Lipinski definition) is 2. The average Bonchev–Trinajstić information content (AvgIpc) is 3.16. The zero-order chi connectivity index (χ0) is 14.8. The number of carbonyl (C=O) groups is 2. The number of carbonyl (C=O) groups excluding carboxylic acids is 2. The molecule has 0 saturated carbocycles. The normalized spacial score (nSPS) is 21.2. The molecule has 3 heterocycles. The number of fused-ring (bicyclic) bond motifs is 1. The number of likely N-dealkylation sites (tertiary alicyclic amines) is 1. The Morgan fingerprint density at radius 1 is 1.43 bits per heavy atom. The van der Waals surface area contributed by atoms with Gasteiger partial charge in [0.1, 0.15) is 0 Å². The molecule has 1 atom stereocenters. The Morgan fingerprint density at radius 3 is 2.95 bits per heavy atom. The van der Waals surface area contributed by atoms with Crippen LogP contribution in [0.25, 0.3) is 0 Å². The van der Waals surface area contributed by atoms with E-state index in [0.29, 0.717) is 13.0 Å². The van der Waals surface area contributed by atoms with E-state index in [1.165, 1.54) is 4.90 Å². The summed E-state index contributed by atoms with van der Waals surface area (Å²) in [7, 11) is 1.69. The molecule has 114 valence electrons. The second kappa shape index (κ2) is 5.85. The second-order valence-corrected chi connectivity index (χ2v) is 5.75. The molecule has 2 aliphatic rings. The molecule has 1 unspecified atom stereocenters. The molecule has 2 aliphatic heterocycles. The number of hydrogen-bond acceptors (Lipinski definition) is 4. The van der Waals surface area contributed by atoms with E-state index < -0.39 is 0 Å². The van der Waals surface area contributed by atoms with Gasteiger partial charge in [0.25, 0.3) is 0 Å². The van der Waals surface area contributed by atoms with Crippen LogP contribution < -0.4 is 5.32 Å². The van der Waals surface area contributed by atoms with Crippen molar-refractivity contribution >= 4 is 11.8 Å². The summed E-state index contributed by atoms with van der Waals surface area (Å²) in [6.45, 7) is 2.41. The first-order valence-electron chi connectivity index (χ1n) is 7.42. The maximum Gasteiger partial charge on any atom is 0.242 e. The fourth-order valence-corrected chi connectivity index (χ4v) is 2.96. The first-order valence-corrected chi connectivity index (χ1v) is 7.42. The van der Waals surface area contributed by atoms with E-state index in [-0.39, 0.29) is 24.4 Å². The number of H-pyrrole nitrogens is 1. The summed E-state index contributed by atoms with van der Waals surface area (Å²) in [5.41, 5.74) is 1.97. The molecule has 2 N–H and O–H groups in total. The van der Waals surface area contributed by atoms with Crippen LogP contribution in [-0.2, 0) is 22.6 Å². The first kappa shape index (κ1) is 14.1. The minimum atomic E-state index is -0.294. The van der Waals surface area contributed by atoms with Gasteiger partial charge < -0.3 is 14.8 Å². The van der Waals surface area contributed by atoms with Crippen molar-refractivity contribution in [3.05, 3.63) is 17.7 Å². The number of likely N-dealkylation sites (N-methyl/N-ethyl adjacent to an activating group) is 1. The lowest BCUT2D eigenvalue weighted by Crippen LogP contribution is -2.50. The van der Waals surface area contributed by atoms with E-state index in [2.05, 4.69) is 15.3 Å². The highest BCUT2D eigenvalue weighted by Gasteiger charge is 2.29. The Kier molecular flexibility index (Phi) is 3.92. The molecule has 3 rings (SSSR count). The maximum absolute atomic E-state index is 12.4. The first-order chi connectivity index (χ1) is 10.1. The van der Waals surface area contributed by atoms with Crippen molar-refractivity contribution in [2.24, 2.45) is 0 Å². The molecule has 1 saturated heterocycles. The lowest BCUT2D eigenvalue weighted by molar-refractivity contribution is -0.140. The van der Waals surface area contributed by atoms with Gasteiger partial charge in [-0.15, -0.1) is 0 Å². The molecule has 0 aliphatic carbocycles. The number of rotatable bonds is 3. The van der Waals surface area contributed by atoms with Crippen LogP contribution in [0.3, 0.4) is 0 Å². The highest BCUT2D eigenvalue weighted by molar-refractivity contribution is 5.87. The quantitative estimate of drug-likeness (QED) is 0.787. The zero-order valence-electron chi connectivity index (χ0n) is 12.3. The van der Waals surface area contributed by atoms with Gasteiger partial charge in [-0.1, -0.05) is 0 Å². The van der Waals surface area contributed by atoms with Crippen LogP contribution in [0, 0.1) is 0 Å². The van der Waals surface area contributed by atoms with Crippen molar-refractivity contribution < 1.29 is 9.59 Å². The number of imidazole rings is 1. The zero-order valence-corrected chi connectivity index (χ0v) is 12.3. The molecule has 1 aromatic rings. The monoisotopic (exact) mass is 291 g/mol. The van der Waals surface area contributed by atoms with E-state index in [9.17, 15) is 9.59 Å². The molecule has 0 bridgehead atoms. The van der Waals surface area contributed by atoms with Crippen LogP contribution in [0.2, 0.25) is 0 Å². The van der Waals surface area contributed by atoms with Crippen molar-refractivity contribution in [1.82, 2.24) is 25.1 Å². The fourth-order valence-electron chi connectivity index (χ4n) is 2.96. The third kappa shape index (κ3) is 2.92. The van der Waals surface area contributed by atoms with Gasteiger partial charge in [-0.2, -0.15) is 0 Å². The van der Waals surface area contributed by atoms with E-state index in [1.54, 1.807) is 13.4 Å². The van der Waals surface area contributed by atoms with Gasteiger partial charge in [0.2, 0.25) is 11.8 Å². The largest absolute Gasteiger partial charge is 0.347 e. The molecular weight excluding hydrogens is 270 g/mol. The predicted molar refractivity (Wildman–Crippen MR) is 76.4 cm³/mol. The highest BCUT2D eigenvalue weighted by Crippen LogP contribution is 2.14. The topological polar surface area (TPSA) is 81.3 Å². The van der Waals surface area contributed by atoms with Crippen molar-refractivity contribution in [2.75, 3.05) is 26.7 Å². The highest BCUT2D eigenvalue weighted by atomic mass is 16.2. The average molecular weight is 291 g/mol. The van der Waals surface area contributed by atoms with E-state index >= 15 is 0 Å². The van der Waals surface area contributed by atoms with E-state index in [0.717, 1.165) is 37.3 Å². The SMILES string of the molecule is CN(CC(=O)N1CCCC1)C(=O)C1Cc2nc[nH]c2CN1. The fraction of sp³-hybridized carbons (Fsp3) is 0.643.